The fourth-order valence-electron chi connectivity index (χ4n) is 3.57. The highest BCUT2D eigenvalue weighted by atomic mass is 35.5. The first-order chi connectivity index (χ1) is 11.8. The van der Waals surface area contributed by atoms with Gasteiger partial charge in [0, 0.05) is 5.02 Å². The van der Waals surface area contributed by atoms with Gasteiger partial charge in [-0.3, -0.25) is 0 Å². The Labute approximate surface area is 154 Å². The Kier molecular flexibility index (Phi) is 5.40. The van der Waals surface area contributed by atoms with Gasteiger partial charge in [-0.15, -0.1) is 0 Å². The molecule has 138 valence electrons. The zero-order valence-corrected chi connectivity index (χ0v) is 16.0. The molecule has 2 atom stereocenters. The fourth-order valence-corrected chi connectivity index (χ4v) is 3.70. The molecule has 0 N–H and O–H groups in total. The minimum absolute atomic E-state index is 0.0240. The van der Waals surface area contributed by atoms with Crippen LogP contribution in [0.25, 0.3) is 0 Å². The standard InChI is InChI=1S/C19H26ClNO4/c1-12(2)16-21-17(13(3)4)24-10-19(21,9-23-16)11-25-18(22)14-5-7-15(20)8-6-14/h5-8,12-13,16-17H,9-11H2,1-4H3/t16-,17-/m1/s1. The summed E-state index contributed by atoms with van der Waals surface area (Å²) in [6.07, 6.45) is -0.0479. The molecule has 2 aliphatic heterocycles. The number of hydrogen-bond donors (Lipinski definition) is 0. The quantitative estimate of drug-likeness (QED) is 0.745. The van der Waals surface area contributed by atoms with Gasteiger partial charge in [-0.1, -0.05) is 39.3 Å². The van der Waals surface area contributed by atoms with Crippen molar-refractivity contribution in [1.29, 1.82) is 0 Å². The molecule has 0 unspecified atom stereocenters. The second-order valence-electron chi connectivity index (χ2n) is 7.61. The molecule has 0 spiro atoms. The molecule has 6 heteroatoms. The molecule has 3 rings (SSSR count). The van der Waals surface area contributed by atoms with Crippen LogP contribution in [-0.4, -0.2) is 48.7 Å². The van der Waals surface area contributed by atoms with Crippen LogP contribution in [0.2, 0.25) is 5.02 Å². The van der Waals surface area contributed by atoms with Gasteiger partial charge in [0.1, 0.15) is 24.6 Å². The lowest BCUT2D eigenvalue weighted by atomic mass is 9.99. The number of benzene rings is 1. The Morgan fingerprint density at radius 3 is 2.16 bits per heavy atom. The Hall–Kier alpha value is -1.14. The molecule has 0 radical (unpaired) electrons. The van der Waals surface area contributed by atoms with E-state index in [1.807, 2.05) is 0 Å². The van der Waals surface area contributed by atoms with Gasteiger partial charge in [0.15, 0.2) is 0 Å². The van der Waals surface area contributed by atoms with Crippen LogP contribution in [0.15, 0.2) is 24.3 Å². The maximum Gasteiger partial charge on any atom is 0.338 e. The first kappa shape index (κ1) is 18.6. The fraction of sp³-hybridized carbons (Fsp3) is 0.632. The van der Waals surface area contributed by atoms with E-state index in [2.05, 4.69) is 32.6 Å². The van der Waals surface area contributed by atoms with Crippen molar-refractivity contribution in [2.45, 2.75) is 45.7 Å². The predicted octanol–water partition coefficient (Wildman–Crippen LogP) is 3.56. The highest BCUT2D eigenvalue weighted by Crippen LogP contribution is 2.41. The number of hydrogen-bond acceptors (Lipinski definition) is 5. The number of ether oxygens (including phenoxy) is 3. The van der Waals surface area contributed by atoms with Gasteiger partial charge in [0.05, 0.1) is 18.8 Å². The molecule has 0 aromatic heterocycles. The summed E-state index contributed by atoms with van der Waals surface area (Å²) in [7, 11) is 0. The summed E-state index contributed by atoms with van der Waals surface area (Å²) in [5, 5.41) is 0.592. The van der Waals surface area contributed by atoms with Crippen molar-refractivity contribution >= 4 is 17.6 Å². The van der Waals surface area contributed by atoms with Gasteiger partial charge in [-0.25, -0.2) is 9.69 Å². The number of carbonyl (C=O) groups excluding carboxylic acids is 1. The topological polar surface area (TPSA) is 48.0 Å². The summed E-state index contributed by atoms with van der Waals surface area (Å²) in [6.45, 7) is 9.81. The van der Waals surface area contributed by atoms with Gasteiger partial charge in [0.2, 0.25) is 0 Å². The average Bonchev–Trinajstić information content (AvgIpc) is 3.10. The van der Waals surface area contributed by atoms with Crippen LogP contribution < -0.4 is 0 Å². The molecular weight excluding hydrogens is 342 g/mol. The lowest BCUT2D eigenvalue weighted by Gasteiger charge is -2.36. The smallest absolute Gasteiger partial charge is 0.338 e. The third-order valence-electron chi connectivity index (χ3n) is 4.83. The normalized spacial score (nSPS) is 25.6. The summed E-state index contributed by atoms with van der Waals surface area (Å²) in [5.74, 6) is 0.306. The molecule has 1 aromatic rings. The Balaban J connectivity index is 1.73. The molecule has 0 amide bonds. The minimum atomic E-state index is -0.411. The number of carbonyl (C=O) groups is 1. The maximum absolute atomic E-state index is 12.4. The van der Waals surface area contributed by atoms with Crippen LogP contribution in [-0.2, 0) is 14.2 Å². The third kappa shape index (κ3) is 3.56. The van der Waals surface area contributed by atoms with Crippen LogP contribution in [0.1, 0.15) is 38.1 Å². The second kappa shape index (κ2) is 7.23. The van der Waals surface area contributed by atoms with Crippen molar-refractivity contribution in [3.8, 4) is 0 Å². The van der Waals surface area contributed by atoms with E-state index in [4.69, 9.17) is 25.8 Å². The SMILES string of the molecule is CC(C)[C@H]1OCC2(COC(=O)c3ccc(Cl)cc3)CO[C@H](C(C)C)N12. The molecule has 1 aromatic carbocycles. The summed E-state index contributed by atoms with van der Waals surface area (Å²) in [6, 6.07) is 6.71. The highest BCUT2D eigenvalue weighted by Gasteiger charge is 2.57. The Morgan fingerprint density at radius 1 is 1.16 bits per heavy atom. The first-order valence-electron chi connectivity index (χ1n) is 8.78. The third-order valence-corrected chi connectivity index (χ3v) is 5.09. The van der Waals surface area contributed by atoms with Gasteiger partial charge in [-0.2, -0.15) is 0 Å². The van der Waals surface area contributed by atoms with Crippen LogP contribution in [0.3, 0.4) is 0 Å². The molecule has 0 aliphatic carbocycles. The van der Waals surface area contributed by atoms with E-state index in [9.17, 15) is 4.79 Å². The molecule has 2 heterocycles. The zero-order chi connectivity index (χ0) is 18.2. The van der Waals surface area contributed by atoms with E-state index < -0.39 is 5.54 Å². The lowest BCUT2D eigenvalue weighted by Crippen LogP contribution is -2.54. The zero-order valence-electron chi connectivity index (χ0n) is 15.2. The summed E-state index contributed by atoms with van der Waals surface area (Å²) in [5.41, 5.74) is 0.0809. The highest BCUT2D eigenvalue weighted by molar-refractivity contribution is 6.30. The second-order valence-corrected chi connectivity index (χ2v) is 8.04. The molecule has 5 nitrogen and oxygen atoms in total. The summed E-state index contributed by atoms with van der Waals surface area (Å²) < 4.78 is 17.7. The Morgan fingerprint density at radius 2 is 1.68 bits per heavy atom. The molecule has 2 fully saturated rings. The van der Waals surface area contributed by atoms with Crippen LogP contribution in [0.5, 0.6) is 0 Å². The van der Waals surface area contributed by atoms with Gasteiger partial charge in [-0.05, 0) is 36.1 Å². The van der Waals surface area contributed by atoms with E-state index in [-0.39, 0.29) is 25.0 Å². The summed E-state index contributed by atoms with van der Waals surface area (Å²) in [4.78, 5) is 14.6. The van der Waals surface area contributed by atoms with Gasteiger partial charge in [0.25, 0.3) is 0 Å². The molecule has 2 aliphatic rings. The summed E-state index contributed by atoms with van der Waals surface area (Å²) >= 11 is 5.87. The maximum atomic E-state index is 12.4. The van der Waals surface area contributed by atoms with Crippen molar-refractivity contribution in [3.63, 3.8) is 0 Å². The largest absolute Gasteiger partial charge is 0.460 e. The number of fused-ring (bicyclic) bond motifs is 1. The lowest BCUT2D eigenvalue weighted by molar-refractivity contribution is -0.0961. The Bertz CT molecular complexity index is 596. The molecular formula is C19H26ClNO4. The van der Waals surface area contributed by atoms with Crippen molar-refractivity contribution in [3.05, 3.63) is 34.9 Å². The van der Waals surface area contributed by atoms with Crippen LogP contribution in [0.4, 0.5) is 0 Å². The molecule has 0 bridgehead atoms. The minimum Gasteiger partial charge on any atom is -0.460 e. The van der Waals surface area contributed by atoms with Crippen molar-refractivity contribution < 1.29 is 19.0 Å². The van der Waals surface area contributed by atoms with Crippen molar-refractivity contribution in [2.75, 3.05) is 19.8 Å². The van der Waals surface area contributed by atoms with E-state index in [1.54, 1.807) is 24.3 Å². The van der Waals surface area contributed by atoms with Crippen LogP contribution in [0, 0.1) is 11.8 Å². The molecule has 0 saturated carbocycles. The van der Waals surface area contributed by atoms with E-state index in [1.165, 1.54) is 0 Å². The number of nitrogens with zero attached hydrogens (tertiary/aromatic N) is 1. The van der Waals surface area contributed by atoms with E-state index in [0.29, 0.717) is 35.6 Å². The number of halogens is 1. The first-order valence-corrected chi connectivity index (χ1v) is 9.16. The van der Waals surface area contributed by atoms with Crippen molar-refractivity contribution in [1.82, 2.24) is 4.90 Å². The molecule has 25 heavy (non-hydrogen) atoms. The number of esters is 1. The number of rotatable bonds is 5. The van der Waals surface area contributed by atoms with E-state index in [0.717, 1.165) is 0 Å². The van der Waals surface area contributed by atoms with Gasteiger partial charge < -0.3 is 14.2 Å². The van der Waals surface area contributed by atoms with Gasteiger partial charge >= 0.3 is 5.97 Å². The van der Waals surface area contributed by atoms with Crippen molar-refractivity contribution in [2.24, 2.45) is 11.8 Å². The monoisotopic (exact) mass is 367 g/mol. The predicted molar refractivity (Wildman–Crippen MR) is 95.5 cm³/mol. The van der Waals surface area contributed by atoms with Crippen LogP contribution >= 0.6 is 11.6 Å². The van der Waals surface area contributed by atoms with E-state index >= 15 is 0 Å². The molecule has 2 saturated heterocycles. The average molecular weight is 368 g/mol.